The molecule has 2 rings (SSSR count). The minimum atomic E-state index is -0.584. The van der Waals surface area contributed by atoms with Gasteiger partial charge in [-0.15, -0.1) is 0 Å². The Bertz CT molecular complexity index is 744. The molecule has 0 unspecified atom stereocenters. The SMILES string of the molecule is CC=CC(=O)OCC(=O)Nc1cc(Cl)ccc1Oc1ccccc1. The summed E-state index contributed by atoms with van der Waals surface area (Å²) in [5.74, 6) is -0.0268. The number of ether oxygens (including phenoxy) is 2. The van der Waals surface area contributed by atoms with Gasteiger partial charge in [0.25, 0.3) is 5.91 Å². The Balaban J connectivity index is 2.07. The molecule has 2 aromatic carbocycles. The highest BCUT2D eigenvalue weighted by Gasteiger charge is 2.11. The largest absolute Gasteiger partial charge is 0.455 e. The van der Waals surface area contributed by atoms with E-state index >= 15 is 0 Å². The lowest BCUT2D eigenvalue weighted by molar-refractivity contribution is -0.142. The second kappa shape index (κ2) is 8.74. The average molecular weight is 346 g/mol. The van der Waals surface area contributed by atoms with Gasteiger partial charge < -0.3 is 14.8 Å². The summed E-state index contributed by atoms with van der Waals surface area (Å²) in [5.41, 5.74) is 0.387. The third kappa shape index (κ3) is 5.44. The maximum atomic E-state index is 11.9. The molecular weight excluding hydrogens is 330 g/mol. The molecule has 0 aromatic heterocycles. The van der Waals surface area contributed by atoms with Crippen LogP contribution in [0.2, 0.25) is 5.02 Å². The summed E-state index contributed by atoms with van der Waals surface area (Å²) in [4.78, 5) is 23.2. The van der Waals surface area contributed by atoms with Crippen molar-refractivity contribution in [2.45, 2.75) is 6.92 Å². The first-order valence-electron chi connectivity index (χ1n) is 7.20. The highest BCUT2D eigenvalue weighted by molar-refractivity contribution is 6.31. The summed E-state index contributed by atoms with van der Waals surface area (Å²) in [7, 11) is 0. The van der Waals surface area contributed by atoms with E-state index in [0.717, 1.165) is 0 Å². The van der Waals surface area contributed by atoms with Crippen molar-refractivity contribution in [2.75, 3.05) is 11.9 Å². The molecule has 124 valence electrons. The standard InChI is InChI=1S/C18H16ClNO4/c1-2-6-18(22)23-12-17(21)20-15-11-13(19)9-10-16(15)24-14-7-4-3-5-8-14/h2-11H,12H2,1H3,(H,20,21). The van der Waals surface area contributed by atoms with E-state index in [-0.39, 0.29) is 0 Å². The van der Waals surface area contributed by atoms with Crippen LogP contribution in [0.15, 0.2) is 60.7 Å². The van der Waals surface area contributed by atoms with E-state index in [4.69, 9.17) is 21.1 Å². The number of nitrogens with one attached hydrogen (secondary N) is 1. The molecule has 0 aliphatic heterocycles. The number of esters is 1. The van der Waals surface area contributed by atoms with Crippen molar-refractivity contribution in [3.63, 3.8) is 0 Å². The van der Waals surface area contributed by atoms with Gasteiger partial charge in [0.1, 0.15) is 5.75 Å². The highest BCUT2D eigenvalue weighted by atomic mass is 35.5. The van der Waals surface area contributed by atoms with E-state index < -0.39 is 18.5 Å². The second-order valence-electron chi connectivity index (χ2n) is 4.71. The van der Waals surface area contributed by atoms with Crippen LogP contribution in [-0.4, -0.2) is 18.5 Å². The van der Waals surface area contributed by atoms with Crippen molar-refractivity contribution in [3.8, 4) is 11.5 Å². The quantitative estimate of drug-likeness (QED) is 0.629. The second-order valence-corrected chi connectivity index (χ2v) is 5.15. The number of halogens is 1. The van der Waals surface area contributed by atoms with Crippen molar-refractivity contribution in [1.29, 1.82) is 0 Å². The number of hydrogen-bond donors (Lipinski definition) is 1. The van der Waals surface area contributed by atoms with Crippen LogP contribution < -0.4 is 10.1 Å². The first-order chi connectivity index (χ1) is 11.6. The van der Waals surface area contributed by atoms with Crippen LogP contribution in [0.1, 0.15) is 6.92 Å². The van der Waals surface area contributed by atoms with Crippen molar-refractivity contribution >= 4 is 29.2 Å². The number of rotatable bonds is 6. The predicted octanol–water partition coefficient (Wildman–Crippen LogP) is 4.19. The van der Waals surface area contributed by atoms with Crippen LogP contribution >= 0.6 is 11.6 Å². The zero-order chi connectivity index (χ0) is 17.4. The molecular formula is C18H16ClNO4. The lowest BCUT2D eigenvalue weighted by Gasteiger charge is -2.12. The molecule has 0 saturated carbocycles. The molecule has 0 radical (unpaired) electrons. The Morgan fingerprint density at radius 1 is 1.17 bits per heavy atom. The summed E-state index contributed by atoms with van der Waals surface area (Å²) in [6.07, 6.45) is 2.76. The van der Waals surface area contributed by atoms with Crippen LogP contribution in [0.5, 0.6) is 11.5 Å². The van der Waals surface area contributed by atoms with Gasteiger partial charge in [-0.05, 0) is 37.3 Å². The molecule has 5 nitrogen and oxygen atoms in total. The monoisotopic (exact) mass is 345 g/mol. The summed E-state index contributed by atoms with van der Waals surface area (Å²) < 4.78 is 10.5. The van der Waals surface area contributed by atoms with Gasteiger partial charge in [0.2, 0.25) is 0 Å². The van der Waals surface area contributed by atoms with Crippen LogP contribution in [0.25, 0.3) is 0 Å². The van der Waals surface area contributed by atoms with Gasteiger partial charge in [-0.1, -0.05) is 35.9 Å². The van der Waals surface area contributed by atoms with E-state index in [2.05, 4.69) is 5.32 Å². The van der Waals surface area contributed by atoms with Gasteiger partial charge in [0, 0.05) is 11.1 Å². The number of anilines is 1. The average Bonchev–Trinajstić information content (AvgIpc) is 2.57. The molecule has 0 spiro atoms. The Kier molecular flexibility index (Phi) is 6.40. The van der Waals surface area contributed by atoms with Crippen LogP contribution in [0, 0.1) is 0 Å². The molecule has 2 aromatic rings. The van der Waals surface area contributed by atoms with Crippen molar-refractivity contribution in [3.05, 3.63) is 65.7 Å². The molecule has 0 aliphatic rings. The summed E-state index contributed by atoms with van der Waals surface area (Å²) in [6, 6.07) is 14.0. The molecule has 24 heavy (non-hydrogen) atoms. The van der Waals surface area contributed by atoms with E-state index in [1.54, 1.807) is 37.3 Å². The summed E-state index contributed by atoms with van der Waals surface area (Å²) >= 11 is 5.97. The Hall–Kier alpha value is -2.79. The van der Waals surface area contributed by atoms with Gasteiger partial charge in [-0.3, -0.25) is 4.79 Å². The maximum Gasteiger partial charge on any atom is 0.330 e. The normalized spacial score (nSPS) is 10.4. The smallest absolute Gasteiger partial charge is 0.330 e. The van der Waals surface area contributed by atoms with Crippen molar-refractivity contribution in [1.82, 2.24) is 0 Å². The summed E-state index contributed by atoms with van der Waals surface area (Å²) in [6.45, 7) is 1.28. The Morgan fingerprint density at radius 3 is 2.62 bits per heavy atom. The fraction of sp³-hybridized carbons (Fsp3) is 0.111. The van der Waals surface area contributed by atoms with Crippen molar-refractivity contribution < 1.29 is 19.1 Å². The minimum Gasteiger partial charge on any atom is -0.455 e. The van der Waals surface area contributed by atoms with Crippen LogP contribution in [0.3, 0.4) is 0 Å². The lowest BCUT2D eigenvalue weighted by atomic mass is 10.2. The van der Waals surface area contributed by atoms with Gasteiger partial charge in [0.05, 0.1) is 5.69 Å². The molecule has 1 amide bonds. The number of hydrogen-bond acceptors (Lipinski definition) is 4. The summed E-state index contributed by atoms with van der Waals surface area (Å²) in [5, 5.41) is 3.06. The van der Waals surface area contributed by atoms with Crippen LogP contribution in [-0.2, 0) is 14.3 Å². The minimum absolute atomic E-state index is 0.387. The molecule has 1 N–H and O–H groups in total. The van der Waals surface area contributed by atoms with Crippen molar-refractivity contribution in [2.24, 2.45) is 0 Å². The number of carbonyl (C=O) groups is 2. The van der Waals surface area contributed by atoms with Gasteiger partial charge in [-0.2, -0.15) is 0 Å². The zero-order valence-corrected chi connectivity index (χ0v) is 13.7. The molecule has 0 bridgehead atoms. The number of benzene rings is 2. The zero-order valence-electron chi connectivity index (χ0n) is 13.0. The van der Waals surface area contributed by atoms with Gasteiger partial charge in [0.15, 0.2) is 12.4 Å². The first-order valence-corrected chi connectivity index (χ1v) is 7.58. The Labute approximate surface area is 144 Å². The first kappa shape index (κ1) is 17.6. The third-order valence-electron chi connectivity index (χ3n) is 2.83. The lowest BCUT2D eigenvalue weighted by Crippen LogP contribution is -2.20. The van der Waals surface area contributed by atoms with E-state index in [9.17, 15) is 9.59 Å². The number of allylic oxidation sites excluding steroid dienone is 1. The number of carbonyl (C=O) groups excluding carboxylic acids is 2. The van der Waals surface area contributed by atoms with E-state index in [1.165, 1.54) is 12.2 Å². The third-order valence-corrected chi connectivity index (χ3v) is 3.07. The molecule has 0 atom stereocenters. The Morgan fingerprint density at radius 2 is 1.92 bits per heavy atom. The fourth-order valence-electron chi connectivity index (χ4n) is 1.81. The fourth-order valence-corrected chi connectivity index (χ4v) is 1.98. The highest BCUT2D eigenvalue weighted by Crippen LogP contribution is 2.31. The van der Waals surface area contributed by atoms with E-state index in [0.29, 0.717) is 22.2 Å². The van der Waals surface area contributed by atoms with Gasteiger partial charge >= 0.3 is 5.97 Å². The van der Waals surface area contributed by atoms with E-state index in [1.807, 2.05) is 18.2 Å². The number of amides is 1. The predicted molar refractivity (Wildman–Crippen MR) is 92.4 cm³/mol. The maximum absolute atomic E-state index is 11.9. The molecule has 0 fully saturated rings. The van der Waals surface area contributed by atoms with Gasteiger partial charge in [-0.25, -0.2) is 4.79 Å². The molecule has 0 aliphatic carbocycles. The number of para-hydroxylation sites is 1. The molecule has 0 heterocycles. The van der Waals surface area contributed by atoms with Crippen LogP contribution in [0.4, 0.5) is 5.69 Å². The topological polar surface area (TPSA) is 64.6 Å². The molecule has 6 heteroatoms. The molecule has 0 saturated heterocycles.